The van der Waals surface area contributed by atoms with E-state index in [2.05, 4.69) is 9.98 Å². The molecule has 0 saturated carbocycles. The second-order valence-electron chi connectivity index (χ2n) is 15.5. The zero-order chi connectivity index (χ0) is 59.6. The number of aliphatic imine (C=N–C) groups is 2. The molecule has 0 fully saturated rings. The standard InChI is InChI=1S/C48F26N6/c49-19-5(1-75)20(50)28(58)11(27(19)57)9(12-29(59)21(51)6(2-76)22(52)30(12)60)15-45(17-35(65)39(69)43(73)40(70)36(17)66)79-48-16(46(80-47(15)48)18-37(67)41(71)44(74)42(72)38(18)68)10(13-31(61)23(53)7(3-77)24(54)32(13)62)14-33(63)25(55)8(4-78)26(56)34(14)64. The molecule has 80 heavy (non-hydrogen) atoms. The molecule has 0 amide bonds. The van der Waals surface area contributed by atoms with Crippen molar-refractivity contribution in [2.24, 2.45) is 9.98 Å². The number of hydrogen-bond acceptors (Lipinski definition) is 6. The van der Waals surface area contributed by atoms with E-state index in [1.807, 2.05) is 0 Å². The Morgan fingerprint density at radius 3 is 0.550 bits per heavy atom. The smallest absolute Gasteiger partial charge is 0.200 e. The van der Waals surface area contributed by atoms with Crippen LogP contribution < -0.4 is 0 Å². The van der Waals surface area contributed by atoms with Crippen molar-refractivity contribution in [3.63, 3.8) is 0 Å². The summed E-state index contributed by atoms with van der Waals surface area (Å²) in [5, 5.41) is 37.0. The third kappa shape index (κ3) is 7.49. The minimum Gasteiger partial charge on any atom is -0.244 e. The van der Waals surface area contributed by atoms with Crippen molar-refractivity contribution < 1.29 is 114 Å². The molecular weight excluding hydrogens is 1150 g/mol. The molecule has 2 heterocycles. The van der Waals surface area contributed by atoms with Crippen molar-refractivity contribution in [2.45, 2.75) is 0 Å². The van der Waals surface area contributed by atoms with Gasteiger partial charge >= 0.3 is 0 Å². The summed E-state index contributed by atoms with van der Waals surface area (Å²) in [7, 11) is 0. The van der Waals surface area contributed by atoms with Crippen LogP contribution >= 0.6 is 0 Å². The second-order valence-corrected chi connectivity index (χ2v) is 15.5. The highest BCUT2D eigenvalue weighted by Gasteiger charge is 2.48. The van der Waals surface area contributed by atoms with Gasteiger partial charge in [0.2, 0.25) is 11.6 Å². The summed E-state index contributed by atoms with van der Waals surface area (Å²) in [6.07, 6.45) is 0. The predicted octanol–water partition coefficient (Wildman–Crippen LogP) is 13.3. The van der Waals surface area contributed by atoms with Gasteiger partial charge in [-0.1, -0.05) is 0 Å². The fraction of sp³-hybridized carbons (Fsp3) is 0. The van der Waals surface area contributed by atoms with Crippen molar-refractivity contribution in [3.05, 3.63) is 229 Å². The summed E-state index contributed by atoms with van der Waals surface area (Å²) in [5.74, 6) is -85.6. The Kier molecular flexibility index (Phi) is 13.7. The van der Waals surface area contributed by atoms with Crippen molar-refractivity contribution in [1.29, 1.82) is 21.0 Å². The lowest BCUT2D eigenvalue weighted by Crippen LogP contribution is -2.20. The molecule has 0 bridgehead atoms. The predicted molar refractivity (Wildman–Crippen MR) is 209 cm³/mol. The van der Waals surface area contributed by atoms with Crippen LogP contribution in [0.15, 0.2) is 32.5 Å². The van der Waals surface area contributed by atoms with E-state index in [1.54, 1.807) is 0 Å². The van der Waals surface area contributed by atoms with E-state index in [0.717, 1.165) is 0 Å². The summed E-state index contributed by atoms with van der Waals surface area (Å²) in [4.78, 5) is 6.19. The van der Waals surface area contributed by atoms with Gasteiger partial charge in [0, 0.05) is 22.3 Å². The number of allylic oxidation sites excluding steroid dienone is 2. The molecule has 404 valence electrons. The molecule has 0 radical (unpaired) electrons. The van der Waals surface area contributed by atoms with E-state index in [9.17, 15) is 29.8 Å². The Morgan fingerprint density at radius 1 is 0.225 bits per heavy atom. The van der Waals surface area contributed by atoms with Crippen molar-refractivity contribution in [1.82, 2.24) is 0 Å². The summed E-state index contributed by atoms with van der Waals surface area (Å²) < 4.78 is 413. The number of benzene rings is 6. The van der Waals surface area contributed by atoms with Crippen LogP contribution in [0.4, 0.5) is 114 Å². The molecule has 8 rings (SSSR count). The van der Waals surface area contributed by atoms with Gasteiger partial charge in [-0.25, -0.2) is 124 Å². The van der Waals surface area contributed by atoms with Gasteiger partial charge in [-0.15, -0.1) is 0 Å². The fourth-order valence-electron chi connectivity index (χ4n) is 8.02. The summed E-state index contributed by atoms with van der Waals surface area (Å²) in [6.45, 7) is 0. The first-order valence-corrected chi connectivity index (χ1v) is 20.0. The summed E-state index contributed by atoms with van der Waals surface area (Å²) in [5.41, 5.74) is -50.9. The van der Waals surface area contributed by atoms with E-state index >= 15 is 105 Å². The average molecular weight is 1150 g/mol. The number of halogens is 26. The van der Waals surface area contributed by atoms with Gasteiger partial charge in [0.25, 0.3) is 0 Å². The molecule has 0 atom stereocenters. The van der Waals surface area contributed by atoms with Crippen LogP contribution in [0.2, 0.25) is 0 Å². The van der Waals surface area contributed by atoms with E-state index in [4.69, 9.17) is 0 Å². The van der Waals surface area contributed by atoms with Crippen LogP contribution in [0.25, 0.3) is 11.1 Å². The van der Waals surface area contributed by atoms with Gasteiger partial charge in [0.15, 0.2) is 140 Å². The maximum Gasteiger partial charge on any atom is 0.200 e. The molecule has 6 nitrogen and oxygen atoms in total. The molecular formula is C48F26N6. The van der Waals surface area contributed by atoms with E-state index in [1.165, 1.54) is 0 Å². The zero-order valence-corrected chi connectivity index (χ0v) is 36.5. The molecule has 2 aliphatic heterocycles. The zero-order valence-electron chi connectivity index (χ0n) is 36.5. The second kappa shape index (κ2) is 19.5. The number of nitriles is 4. The van der Waals surface area contributed by atoms with Gasteiger partial charge in [-0.05, 0) is 0 Å². The largest absolute Gasteiger partial charge is 0.244 e. The maximum atomic E-state index is 16.5. The maximum absolute atomic E-state index is 16.5. The third-order valence-electron chi connectivity index (χ3n) is 11.5. The van der Waals surface area contributed by atoms with Crippen LogP contribution in [0, 0.1) is 197 Å². The Balaban J connectivity index is 1.86. The Labute approximate surface area is 421 Å². The van der Waals surface area contributed by atoms with Crippen molar-refractivity contribution >= 4 is 22.6 Å². The number of hydrogen-bond donors (Lipinski definition) is 0. The van der Waals surface area contributed by atoms with Crippen molar-refractivity contribution in [3.8, 4) is 24.3 Å². The van der Waals surface area contributed by atoms with Gasteiger partial charge < -0.3 is 0 Å². The van der Waals surface area contributed by atoms with E-state index in [0.29, 0.717) is 24.3 Å². The molecule has 0 N–H and O–H groups in total. The van der Waals surface area contributed by atoms with Gasteiger partial charge in [0.1, 0.15) is 57.9 Å². The summed E-state index contributed by atoms with van der Waals surface area (Å²) in [6, 6.07) is 1.89. The Bertz CT molecular complexity index is 3740. The molecule has 6 aromatic carbocycles. The van der Waals surface area contributed by atoms with Crippen LogP contribution in [-0.2, 0) is 0 Å². The first kappa shape index (κ1) is 56.2. The molecule has 0 spiro atoms. The van der Waals surface area contributed by atoms with Gasteiger partial charge in [-0.3, -0.25) is 0 Å². The Hall–Kier alpha value is -9.98. The lowest BCUT2D eigenvalue weighted by molar-refractivity contribution is 0.377. The molecule has 0 unspecified atom stereocenters. The van der Waals surface area contributed by atoms with Crippen LogP contribution in [-0.4, -0.2) is 11.4 Å². The van der Waals surface area contributed by atoms with Gasteiger partial charge in [0.05, 0.1) is 44.8 Å². The fourth-order valence-corrected chi connectivity index (χ4v) is 8.02. The third-order valence-corrected chi connectivity index (χ3v) is 11.5. The minimum atomic E-state index is -3.38. The lowest BCUT2D eigenvalue weighted by Gasteiger charge is -2.21. The molecule has 0 aromatic heterocycles. The van der Waals surface area contributed by atoms with Crippen molar-refractivity contribution in [2.75, 3.05) is 0 Å². The highest BCUT2D eigenvalue weighted by atomic mass is 19.2. The average Bonchev–Trinajstić information content (AvgIpc) is 3.97. The van der Waals surface area contributed by atoms with Crippen LogP contribution in [0.3, 0.4) is 0 Å². The highest BCUT2D eigenvalue weighted by Crippen LogP contribution is 2.53. The first-order chi connectivity index (χ1) is 37.4. The molecule has 2 aliphatic rings. The summed E-state index contributed by atoms with van der Waals surface area (Å²) >= 11 is 0. The van der Waals surface area contributed by atoms with E-state index < -0.39 is 252 Å². The monoisotopic (exact) mass is 1150 g/mol. The van der Waals surface area contributed by atoms with E-state index in [-0.39, 0.29) is 0 Å². The minimum absolute atomic E-state index is 0.473. The quantitative estimate of drug-likeness (QED) is 0.0937. The molecule has 0 saturated heterocycles. The first-order valence-electron chi connectivity index (χ1n) is 20.0. The SMILES string of the molecule is N#Cc1c(F)c(F)c(C(=C2C(c3c(F)c(F)c(F)c(F)c3F)=NC3=C2N=C(c2c(F)c(F)c(F)c(F)c2F)C3=C(c2c(F)c(F)c(C#N)c(F)c2F)c2c(F)c(F)c(C#N)c(F)c2F)c2c(F)c(F)c(C#N)c(F)c2F)c(F)c1F. The lowest BCUT2D eigenvalue weighted by atomic mass is 9.84. The Morgan fingerprint density at radius 2 is 0.388 bits per heavy atom. The number of nitrogens with zero attached hydrogens (tertiary/aromatic N) is 6. The molecule has 32 heteroatoms. The molecule has 6 aromatic rings. The molecule has 0 aliphatic carbocycles. The van der Waals surface area contributed by atoms with Gasteiger partial charge in [-0.2, -0.15) is 21.0 Å². The van der Waals surface area contributed by atoms with Crippen LogP contribution in [0.5, 0.6) is 0 Å². The van der Waals surface area contributed by atoms with Crippen LogP contribution in [0.1, 0.15) is 55.6 Å². The normalized spacial score (nSPS) is 12.9. The highest BCUT2D eigenvalue weighted by molar-refractivity contribution is 6.30. The topological polar surface area (TPSA) is 120 Å². The number of rotatable bonds is 6.